The van der Waals surface area contributed by atoms with Crippen LogP contribution in [0.15, 0.2) is 46.1 Å². The molecule has 9 heteroatoms. The van der Waals surface area contributed by atoms with E-state index in [1.807, 2.05) is 35.9 Å². The van der Waals surface area contributed by atoms with E-state index in [2.05, 4.69) is 0 Å². The van der Waals surface area contributed by atoms with Crippen LogP contribution in [-0.4, -0.2) is 29.7 Å². The Bertz CT molecular complexity index is 1060. The van der Waals surface area contributed by atoms with E-state index in [1.165, 1.54) is 30.7 Å². The number of nitrogens with one attached hydrogen (secondary N) is 1. The van der Waals surface area contributed by atoms with Crippen LogP contribution < -0.4 is 16.0 Å². The zero-order valence-corrected chi connectivity index (χ0v) is 16.5. The van der Waals surface area contributed by atoms with Gasteiger partial charge in [0.1, 0.15) is 0 Å². The Morgan fingerprint density at radius 2 is 1.70 bits per heavy atom. The Morgan fingerprint density at radius 3 is 2.26 bits per heavy atom. The molecule has 27 heavy (non-hydrogen) atoms. The Balaban J connectivity index is 2.34. The highest BCUT2D eigenvalue weighted by atomic mass is 32.2. The van der Waals surface area contributed by atoms with Crippen LogP contribution in [0, 0.1) is 12.3 Å². The minimum atomic E-state index is -3.74. The van der Waals surface area contributed by atoms with Crippen LogP contribution in [-0.2, 0) is 27.9 Å². The summed E-state index contributed by atoms with van der Waals surface area (Å²) in [4.78, 5) is 37.1. The van der Waals surface area contributed by atoms with Crippen LogP contribution >= 0.6 is 0 Å². The van der Waals surface area contributed by atoms with Crippen molar-refractivity contribution in [1.29, 1.82) is 0 Å². The fraction of sp³-hybridized carbons (Fsp3) is 0.389. The Labute approximate surface area is 157 Å². The minimum Gasteiger partial charge on any atom is -0.296 e. The SMILES string of the molecule is Cc1ccc(Cn2ccc(=O)n(CC(C)(C)C(=O)NS(C)(=O)=O)c2=O)cc1. The van der Waals surface area contributed by atoms with Crippen LogP contribution in [0.4, 0.5) is 0 Å². The molecule has 0 saturated heterocycles. The summed E-state index contributed by atoms with van der Waals surface area (Å²) in [5, 5.41) is 0. The molecule has 0 fully saturated rings. The topological polar surface area (TPSA) is 107 Å². The molecule has 0 unspecified atom stereocenters. The van der Waals surface area contributed by atoms with Crippen molar-refractivity contribution in [3.63, 3.8) is 0 Å². The third-order valence-corrected chi connectivity index (χ3v) is 4.62. The largest absolute Gasteiger partial charge is 0.331 e. The standard InChI is InChI=1S/C18H23N3O5S/c1-13-5-7-14(8-6-13)11-20-10-9-15(22)21(17(20)24)12-18(2,3)16(23)19-27(4,25)26/h5-10H,11-12H2,1-4H3,(H,19,23). The van der Waals surface area contributed by atoms with Crippen molar-refractivity contribution in [3.05, 3.63) is 68.5 Å². The normalized spacial score (nSPS) is 12.0. The molecular formula is C18H23N3O5S. The Kier molecular flexibility index (Phi) is 5.74. The molecule has 146 valence electrons. The predicted molar refractivity (Wildman–Crippen MR) is 102 cm³/mol. The summed E-state index contributed by atoms with van der Waals surface area (Å²) in [6, 6.07) is 8.88. The number of sulfonamides is 1. The maximum Gasteiger partial charge on any atom is 0.331 e. The van der Waals surface area contributed by atoms with Gasteiger partial charge < -0.3 is 0 Å². The van der Waals surface area contributed by atoms with Crippen molar-refractivity contribution in [3.8, 4) is 0 Å². The van der Waals surface area contributed by atoms with Gasteiger partial charge in [-0.25, -0.2) is 13.2 Å². The van der Waals surface area contributed by atoms with E-state index in [4.69, 9.17) is 0 Å². The summed E-state index contributed by atoms with van der Waals surface area (Å²) in [6.07, 6.45) is 2.27. The van der Waals surface area contributed by atoms with Crippen molar-refractivity contribution >= 4 is 15.9 Å². The van der Waals surface area contributed by atoms with Crippen LogP contribution in [0.1, 0.15) is 25.0 Å². The number of carbonyl (C=O) groups excluding carboxylic acids is 1. The van der Waals surface area contributed by atoms with Gasteiger partial charge in [-0.15, -0.1) is 0 Å². The smallest absolute Gasteiger partial charge is 0.296 e. The number of benzene rings is 1. The van der Waals surface area contributed by atoms with Crippen LogP contribution in [0.2, 0.25) is 0 Å². The Hall–Kier alpha value is -2.68. The van der Waals surface area contributed by atoms with Gasteiger partial charge in [0.25, 0.3) is 5.56 Å². The van der Waals surface area contributed by atoms with E-state index < -0.39 is 32.6 Å². The molecule has 1 aromatic carbocycles. The molecule has 0 aliphatic rings. The second-order valence-corrected chi connectivity index (χ2v) is 8.97. The highest BCUT2D eigenvalue weighted by Gasteiger charge is 2.31. The van der Waals surface area contributed by atoms with Crippen LogP contribution in [0.5, 0.6) is 0 Å². The van der Waals surface area contributed by atoms with Crippen molar-refractivity contribution in [2.75, 3.05) is 6.26 Å². The lowest BCUT2D eigenvalue weighted by Crippen LogP contribution is -2.48. The summed E-state index contributed by atoms with van der Waals surface area (Å²) >= 11 is 0. The van der Waals surface area contributed by atoms with Gasteiger partial charge in [-0.2, -0.15) is 0 Å². The van der Waals surface area contributed by atoms with Gasteiger partial charge in [-0.3, -0.25) is 23.4 Å². The van der Waals surface area contributed by atoms with Crippen LogP contribution in [0.3, 0.4) is 0 Å². The van der Waals surface area contributed by atoms with E-state index in [0.29, 0.717) is 0 Å². The molecule has 0 radical (unpaired) electrons. The number of nitrogens with zero attached hydrogens (tertiary/aromatic N) is 2. The van der Waals surface area contributed by atoms with E-state index in [1.54, 1.807) is 0 Å². The summed E-state index contributed by atoms with van der Waals surface area (Å²) in [7, 11) is -3.74. The fourth-order valence-electron chi connectivity index (χ4n) is 2.49. The number of hydrogen-bond acceptors (Lipinski definition) is 5. The maximum atomic E-state index is 12.7. The molecule has 0 aliphatic carbocycles. The first-order valence-electron chi connectivity index (χ1n) is 8.27. The zero-order valence-electron chi connectivity index (χ0n) is 15.7. The molecule has 1 heterocycles. The molecule has 1 aromatic heterocycles. The summed E-state index contributed by atoms with van der Waals surface area (Å²) < 4.78 is 26.8. The van der Waals surface area contributed by atoms with Gasteiger partial charge in [0.05, 0.1) is 18.2 Å². The second-order valence-electron chi connectivity index (χ2n) is 7.22. The van der Waals surface area contributed by atoms with Crippen molar-refractivity contribution in [1.82, 2.24) is 13.9 Å². The predicted octanol–water partition coefficient (Wildman–Crippen LogP) is 0.469. The van der Waals surface area contributed by atoms with Gasteiger partial charge >= 0.3 is 5.69 Å². The van der Waals surface area contributed by atoms with Crippen LogP contribution in [0.25, 0.3) is 0 Å². The van der Waals surface area contributed by atoms with Gasteiger partial charge in [-0.05, 0) is 26.3 Å². The van der Waals surface area contributed by atoms with E-state index in [9.17, 15) is 22.8 Å². The maximum absolute atomic E-state index is 12.7. The van der Waals surface area contributed by atoms with Gasteiger partial charge in [-0.1, -0.05) is 29.8 Å². The van der Waals surface area contributed by atoms with Gasteiger partial charge in [0.15, 0.2) is 0 Å². The van der Waals surface area contributed by atoms with Gasteiger partial charge in [0, 0.05) is 18.8 Å². The number of hydrogen-bond donors (Lipinski definition) is 1. The van der Waals surface area contributed by atoms with Gasteiger partial charge in [0.2, 0.25) is 15.9 Å². The molecule has 0 saturated carbocycles. The molecule has 0 aliphatic heterocycles. The van der Waals surface area contributed by atoms with Crippen molar-refractivity contribution in [2.24, 2.45) is 5.41 Å². The third kappa shape index (κ3) is 5.40. The summed E-state index contributed by atoms with van der Waals surface area (Å²) in [6.45, 7) is 4.92. The molecule has 8 nitrogen and oxygen atoms in total. The minimum absolute atomic E-state index is 0.249. The Morgan fingerprint density at radius 1 is 1.11 bits per heavy atom. The zero-order chi connectivity index (χ0) is 20.4. The fourth-order valence-corrected chi connectivity index (χ4v) is 3.10. The number of amides is 1. The average Bonchev–Trinajstić information content (AvgIpc) is 2.54. The lowest BCUT2D eigenvalue weighted by molar-refractivity contribution is -0.128. The number of aryl methyl sites for hydroxylation is 1. The first-order chi connectivity index (χ1) is 12.4. The molecule has 2 aromatic rings. The molecular weight excluding hydrogens is 370 g/mol. The van der Waals surface area contributed by atoms with Crippen molar-refractivity contribution < 1.29 is 13.2 Å². The number of carbonyl (C=O) groups is 1. The second kappa shape index (κ2) is 7.51. The van der Waals surface area contributed by atoms with E-state index in [-0.39, 0.29) is 13.1 Å². The van der Waals surface area contributed by atoms with E-state index in [0.717, 1.165) is 21.9 Å². The summed E-state index contributed by atoms with van der Waals surface area (Å²) in [5.41, 5.74) is -0.421. The summed E-state index contributed by atoms with van der Waals surface area (Å²) in [5.74, 6) is -0.787. The first kappa shape index (κ1) is 20.6. The molecule has 2 rings (SSSR count). The molecule has 1 amide bonds. The molecule has 1 N–H and O–H groups in total. The van der Waals surface area contributed by atoms with E-state index >= 15 is 0 Å². The molecule has 0 atom stereocenters. The lowest BCUT2D eigenvalue weighted by atomic mass is 9.92. The molecule has 0 spiro atoms. The highest BCUT2D eigenvalue weighted by Crippen LogP contribution is 2.17. The number of rotatable bonds is 6. The quantitative estimate of drug-likeness (QED) is 0.768. The average molecular weight is 393 g/mol. The van der Waals surface area contributed by atoms with Crippen molar-refractivity contribution in [2.45, 2.75) is 33.9 Å². The monoisotopic (exact) mass is 393 g/mol. The number of aromatic nitrogens is 2. The third-order valence-electron chi connectivity index (χ3n) is 4.06. The lowest BCUT2D eigenvalue weighted by Gasteiger charge is -2.23. The first-order valence-corrected chi connectivity index (χ1v) is 10.2. The highest BCUT2D eigenvalue weighted by molar-refractivity contribution is 7.89. The molecule has 0 bridgehead atoms.